The van der Waals surface area contributed by atoms with E-state index < -0.39 is 9.84 Å². The van der Waals surface area contributed by atoms with Gasteiger partial charge in [-0.25, -0.2) is 8.42 Å². The third kappa shape index (κ3) is 3.98. The van der Waals surface area contributed by atoms with Crippen molar-refractivity contribution >= 4 is 15.7 Å². The van der Waals surface area contributed by atoms with E-state index in [-0.39, 0.29) is 30.1 Å². The Hall–Kier alpha value is -2.07. The topological polar surface area (TPSA) is 87.5 Å². The van der Waals surface area contributed by atoms with E-state index in [9.17, 15) is 13.2 Å². The maximum atomic E-state index is 12.2. The molecule has 0 saturated carbocycles. The van der Waals surface area contributed by atoms with Crippen LogP contribution in [0.3, 0.4) is 0 Å². The Bertz CT molecular complexity index is 676. The molecule has 0 spiro atoms. The molecule has 0 aliphatic carbocycles. The van der Waals surface area contributed by atoms with Crippen molar-refractivity contribution < 1.29 is 17.9 Å². The second-order valence-electron chi connectivity index (χ2n) is 5.16. The zero-order valence-corrected chi connectivity index (χ0v) is 13.2. The molecule has 1 fully saturated rings. The zero-order valence-electron chi connectivity index (χ0n) is 12.4. The fourth-order valence-electron chi connectivity index (χ4n) is 2.51. The molecule has 7 heteroatoms. The Morgan fingerprint density at radius 1 is 1.41 bits per heavy atom. The SMILES string of the molecule is CCN(C(=O)COc1ccc(C#N)cc1)[C@@H]1CCS(=O)(=O)C1. The number of likely N-dealkylation sites (N-methyl/N-ethyl adjacent to an activating group) is 1. The highest BCUT2D eigenvalue weighted by Gasteiger charge is 2.33. The molecular formula is C15H18N2O4S. The van der Waals surface area contributed by atoms with Gasteiger partial charge in [0.15, 0.2) is 16.4 Å². The van der Waals surface area contributed by atoms with E-state index in [0.29, 0.717) is 24.3 Å². The molecule has 0 unspecified atom stereocenters. The third-order valence-corrected chi connectivity index (χ3v) is 5.41. The van der Waals surface area contributed by atoms with Gasteiger partial charge in [-0.15, -0.1) is 0 Å². The first-order valence-electron chi connectivity index (χ1n) is 7.08. The van der Waals surface area contributed by atoms with Crippen LogP contribution in [0.2, 0.25) is 0 Å². The van der Waals surface area contributed by atoms with Crippen molar-refractivity contribution in [3.8, 4) is 11.8 Å². The summed E-state index contributed by atoms with van der Waals surface area (Å²) in [5.41, 5.74) is 0.519. The lowest BCUT2D eigenvalue weighted by Crippen LogP contribution is -2.43. The van der Waals surface area contributed by atoms with Crippen LogP contribution < -0.4 is 4.74 Å². The lowest BCUT2D eigenvalue weighted by atomic mass is 10.2. The van der Waals surface area contributed by atoms with E-state index in [0.717, 1.165) is 0 Å². The molecule has 1 aliphatic heterocycles. The average Bonchev–Trinajstić information content (AvgIpc) is 2.86. The second-order valence-corrected chi connectivity index (χ2v) is 7.39. The molecule has 1 aromatic rings. The highest BCUT2D eigenvalue weighted by molar-refractivity contribution is 7.91. The number of hydrogen-bond acceptors (Lipinski definition) is 5. The van der Waals surface area contributed by atoms with Gasteiger partial charge in [-0.05, 0) is 37.6 Å². The Labute approximate surface area is 130 Å². The molecule has 1 amide bonds. The van der Waals surface area contributed by atoms with Crippen molar-refractivity contribution in [2.24, 2.45) is 0 Å². The first-order chi connectivity index (χ1) is 10.4. The van der Waals surface area contributed by atoms with Crippen LogP contribution in [0.5, 0.6) is 5.75 Å². The van der Waals surface area contributed by atoms with Crippen molar-refractivity contribution in [3.05, 3.63) is 29.8 Å². The third-order valence-electron chi connectivity index (χ3n) is 3.66. The number of nitrogens with zero attached hydrogens (tertiary/aromatic N) is 2. The van der Waals surface area contributed by atoms with E-state index in [1.165, 1.54) is 0 Å². The van der Waals surface area contributed by atoms with Gasteiger partial charge in [0.05, 0.1) is 23.1 Å². The van der Waals surface area contributed by atoms with Crippen molar-refractivity contribution in [1.82, 2.24) is 4.90 Å². The van der Waals surface area contributed by atoms with Gasteiger partial charge in [-0.2, -0.15) is 5.26 Å². The summed E-state index contributed by atoms with van der Waals surface area (Å²) in [4.78, 5) is 13.8. The van der Waals surface area contributed by atoms with E-state index >= 15 is 0 Å². The van der Waals surface area contributed by atoms with E-state index in [4.69, 9.17) is 10.00 Å². The van der Waals surface area contributed by atoms with E-state index in [1.54, 1.807) is 29.2 Å². The number of hydrogen-bond donors (Lipinski definition) is 0. The van der Waals surface area contributed by atoms with Crippen LogP contribution in [0, 0.1) is 11.3 Å². The summed E-state index contributed by atoms with van der Waals surface area (Å²) in [5, 5.41) is 8.71. The molecule has 0 aromatic heterocycles. The lowest BCUT2D eigenvalue weighted by Gasteiger charge is -2.26. The zero-order chi connectivity index (χ0) is 16.2. The number of carbonyl (C=O) groups is 1. The van der Waals surface area contributed by atoms with Crippen LogP contribution in [0.25, 0.3) is 0 Å². The predicted octanol–water partition coefficient (Wildman–Crippen LogP) is 0.973. The smallest absolute Gasteiger partial charge is 0.260 e. The fraction of sp³-hybridized carbons (Fsp3) is 0.467. The van der Waals surface area contributed by atoms with Crippen LogP contribution in [-0.2, 0) is 14.6 Å². The highest BCUT2D eigenvalue weighted by Crippen LogP contribution is 2.18. The number of rotatable bonds is 5. The quantitative estimate of drug-likeness (QED) is 0.806. The van der Waals surface area contributed by atoms with E-state index in [2.05, 4.69) is 0 Å². The first-order valence-corrected chi connectivity index (χ1v) is 8.90. The molecule has 0 bridgehead atoms. The van der Waals surface area contributed by atoms with Gasteiger partial charge in [-0.3, -0.25) is 4.79 Å². The number of benzene rings is 1. The maximum Gasteiger partial charge on any atom is 0.260 e. The summed E-state index contributed by atoms with van der Waals surface area (Å²) < 4.78 is 28.5. The number of carbonyl (C=O) groups excluding carboxylic acids is 1. The molecule has 2 rings (SSSR count). The summed E-state index contributed by atoms with van der Waals surface area (Å²) in [6.45, 7) is 2.14. The molecule has 0 radical (unpaired) electrons. The number of sulfone groups is 1. The number of ether oxygens (including phenoxy) is 1. The summed E-state index contributed by atoms with van der Waals surface area (Å²) in [5.74, 6) is 0.442. The molecule has 1 atom stereocenters. The van der Waals surface area contributed by atoms with Crippen LogP contribution in [0.4, 0.5) is 0 Å². The molecule has 1 aromatic carbocycles. The summed E-state index contributed by atoms with van der Waals surface area (Å²) in [6.07, 6.45) is 0.485. The van der Waals surface area contributed by atoms with E-state index in [1.807, 2.05) is 13.0 Å². The Morgan fingerprint density at radius 3 is 2.59 bits per heavy atom. The van der Waals surface area contributed by atoms with Crippen molar-refractivity contribution in [2.45, 2.75) is 19.4 Å². The minimum Gasteiger partial charge on any atom is -0.484 e. The average molecular weight is 322 g/mol. The summed E-state index contributed by atoms with van der Waals surface area (Å²) in [7, 11) is -3.02. The number of nitriles is 1. The second kappa shape index (κ2) is 6.79. The van der Waals surface area contributed by atoms with Crippen LogP contribution in [-0.4, -0.2) is 49.9 Å². The van der Waals surface area contributed by atoms with Crippen molar-refractivity contribution in [1.29, 1.82) is 5.26 Å². The van der Waals surface area contributed by atoms with Crippen LogP contribution in [0.15, 0.2) is 24.3 Å². The molecule has 1 aliphatic rings. The van der Waals surface area contributed by atoms with Crippen molar-refractivity contribution in [2.75, 3.05) is 24.7 Å². The van der Waals surface area contributed by atoms with Gasteiger partial charge < -0.3 is 9.64 Å². The maximum absolute atomic E-state index is 12.2. The van der Waals surface area contributed by atoms with Gasteiger partial charge in [0, 0.05) is 12.6 Å². The molecule has 1 heterocycles. The van der Waals surface area contributed by atoms with Gasteiger partial charge >= 0.3 is 0 Å². The van der Waals surface area contributed by atoms with Gasteiger partial charge in [0.2, 0.25) is 0 Å². The summed E-state index contributed by atoms with van der Waals surface area (Å²) >= 11 is 0. The summed E-state index contributed by atoms with van der Waals surface area (Å²) in [6, 6.07) is 8.22. The minimum absolute atomic E-state index is 0.0312. The molecular weight excluding hydrogens is 304 g/mol. The van der Waals surface area contributed by atoms with Gasteiger partial charge in [-0.1, -0.05) is 0 Å². The Morgan fingerprint density at radius 2 is 2.09 bits per heavy atom. The highest BCUT2D eigenvalue weighted by atomic mass is 32.2. The van der Waals surface area contributed by atoms with Crippen molar-refractivity contribution in [3.63, 3.8) is 0 Å². The molecule has 1 saturated heterocycles. The largest absolute Gasteiger partial charge is 0.484 e. The molecule has 0 N–H and O–H groups in total. The van der Waals surface area contributed by atoms with Gasteiger partial charge in [0.25, 0.3) is 5.91 Å². The first kappa shape index (κ1) is 16.3. The fourth-order valence-corrected chi connectivity index (χ4v) is 4.24. The Kier molecular flexibility index (Phi) is 5.03. The van der Waals surface area contributed by atoms with Gasteiger partial charge in [0.1, 0.15) is 5.75 Å². The minimum atomic E-state index is -3.02. The number of amides is 1. The lowest BCUT2D eigenvalue weighted by molar-refractivity contribution is -0.135. The predicted molar refractivity (Wildman–Crippen MR) is 81.1 cm³/mol. The normalized spacial score (nSPS) is 19.4. The Balaban J connectivity index is 1.93. The van der Waals surface area contributed by atoms with Crippen LogP contribution >= 0.6 is 0 Å². The molecule has 6 nitrogen and oxygen atoms in total. The molecule has 118 valence electrons. The standard InChI is InChI=1S/C15H18N2O4S/c1-2-17(13-7-8-22(19,20)11-13)15(18)10-21-14-5-3-12(9-16)4-6-14/h3-6,13H,2,7-8,10-11H2,1H3/t13-/m1/s1. The van der Waals surface area contributed by atoms with Crippen LogP contribution in [0.1, 0.15) is 18.9 Å². The monoisotopic (exact) mass is 322 g/mol. The molecule has 22 heavy (non-hydrogen) atoms.